The van der Waals surface area contributed by atoms with Crippen LogP contribution in [0.5, 0.6) is 0 Å². The molecule has 0 saturated carbocycles. The van der Waals surface area contributed by atoms with Crippen LogP contribution in [-0.4, -0.2) is 44.2 Å². The molecule has 3 N–H and O–H groups in total. The van der Waals surface area contributed by atoms with Crippen LogP contribution in [0.25, 0.3) is 11.0 Å². The predicted molar refractivity (Wildman–Crippen MR) is 121 cm³/mol. The van der Waals surface area contributed by atoms with Crippen LogP contribution in [0.4, 0.5) is 0 Å². The molecule has 5 rings (SSSR count). The molecule has 0 radical (unpaired) electrons. The monoisotopic (exact) mass is 501 g/mol. The number of piperidine rings is 1. The number of aliphatic hydroxyl groups is 1. The molecule has 1 aromatic heterocycles. The van der Waals surface area contributed by atoms with E-state index in [-0.39, 0.29) is 0 Å². The Hall–Kier alpha value is -2.68. The zero-order valence-corrected chi connectivity index (χ0v) is 18.9. The van der Waals surface area contributed by atoms with Crippen molar-refractivity contribution in [3.8, 4) is 0 Å². The summed E-state index contributed by atoms with van der Waals surface area (Å²) in [7, 11) is 0. The van der Waals surface area contributed by atoms with E-state index in [0.29, 0.717) is 12.1 Å². The third kappa shape index (κ3) is 4.57. The van der Waals surface area contributed by atoms with Crippen molar-refractivity contribution in [2.45, 2.75) is 49.9 Å². The Balaban J connectivity index is 0.000000363. The summed E-state index contributed by atoms with van der Waals surface area (Å²) in [6, 6.07) is 17.3. The van der Waals surface area contributed by atoms with Crippen LogP contribution in [0.2, 0.25) is 0 Å². The maximum absolute atomic E-state index is 11.4. The van der Waals surface area contributed by atoms with Gasteiger partial charge in [-0.1, -0.05) is 46.3 Å². The Labute approximate surface area is 193 Å². The largest absolute Gasteiger partial charge is 0.473 e. The lowest BCUT2D eigenvalue weighted by Gasteiger charge is -2.44. The molecule has 168 valence electrons. The molecule has 1 unspecified atom stereocenters. The van der Waals surface area contributed by atoms with E-state index in [2.05, 4.69) is 45.1 Å². The summed E-state index contributed by atoms with van der Waals surface area (Å²) in [5.74, 6) is -3.65. The zero-order valence-electron chi connectivity index (χ0n) is 17.3. The first-order valence-electron chi connectivity index (χ1n) is 10.4. The lowest BCUT2D eigenvalue weighted by molar-refractivity contribution is -0.159. The first kappa shape index (κ1) is 22.5. The average molecular weight is 502 g/mol. The van der Waals surface area contributed by atoms with E-state index < -0.39 is 17.5 Å². The quantitative estimate of drug-likeness (QED) is 0.457. The Morgan fingerprint density at radius 3 is 2.19 bits per heavy atom. The fraction of sp³-hybridized carbons (Fsp3) is 0.333. The second-order valence-corrected chi connectivity index (χ2v) is 9.29. The van der Waals surface area contributed by atoms with Gasteiger partial charge < -0.3 is 19.7 Å². The zero-order chi connectivity index (χ0) is 22.9. The smallest absolute Gasteiger partial charge is 0.414 e. The van der Waals surface area contributed by atoms with Gasteiger partial charge in [0.15, 0.2) is 0 Å². The molecule has 0 aliphatic carbocycles. The summed E-state index contributed by atoms with van der Waals surface area (Å²) in [5.41, 5.74) is 2.55. The number of para-hydroxylation sites is 1. The number of carboxylic acids is 2. The van der Waals surface area contributed by atoms with Gasteiger partial charge in [0.1, 0.15) is 5.58 Å². The van der Waals surface area contributed by atoms with Crippen molar-refractivity contribution in [2.24, 2.45) is 0 Å². The molecule has 2 aliphatic rings. The van der Waals surface area contributed by atoms with Crippen LogP contribution in [0.15, 0.2) is 63.7 Å². The standard InChI is InChI=1S/C22H22BrNO2.C2H2O4/c23-17-7-5-16(6-8-17)22(25)11-18-9-10-19(12-22)24(18)13-15-14-26-21-4-2-1-3-20(15)21;3-1(4)2(5)6/h1-8,14,18-19,25H,9-13H2;(H,3,4)(H,5,6)/t18-,19+,22?;. The highest BCUT2D eigenvalue weighted by atomic mass is 79.9. The fourth-order valence-corrected chi connectivity index (χ4v) is 5.19. The molecule has 8 heteroatoms. The van der Waals surface area contributed by atoms with E-state index in [1.165, 1.54) is 23.8 Å². The lowest BCUT2D eigenvalue weighted by Crippen LogP contribution is -2.49. The van der Waals surface area contributed by atoms with E-state index in [9.17, 15) is 5.11 Å². The molecule has 2 fully saturated rings. The van der Waals surface area contributed by atoms with Gasteiger partial charge in [0, 0.05) is 34.1 Å². The molecular weight excluding hydrogens is 478 g/mol. The fourth-order valence-electron chi connectivity index (χ4n) is 4.92. The van der Waals surface area contributed by atoms with Gasteiger partial charge >= 0.3 is 11.9 Å². The molecule has 2 aromatic carbocycles. The number of carbonyl (C=O) groups is 2. The summed E-state index contributed by atoms with van der Waals surface area (Å²) in [4.78, 5) is 20.8. The molecular formula is C24H24BrNO6. The van der Waals surface area contributed by atoms with E-state index in [1.54, 1.807) is 0 Å². The Morgan fingerprint density at radius 1 is 1.00 bits per heavy atom. The van der Waals surface area contributed by atoms with Gasteiger partial charge in [-0.25, -0.2) is 9.59 Å². The molecule has 3 atom stereocenters. The summed E-state index contributed by atoms with van der Waals surface area (Å²) < 4.78 is 6.78. The number of rotatable bonds is 3. The summed E-state index contributed by atoms with van der Waals surface area (Å²) in [5, 5.41) is 27.4. The van der Waals surface area contributed by atoms with Crippen LogP contribution in [0.3, 0.4) is 0 Å². The van der Waals surface area contributed by atoms with Crippen LogP contribution in [0.1, 0.15) is 36.8 Å². The van der Waals surface area contributed by atoms with E-state index in [1.807, 2.05) is 30.5 Å². The number of halogens is 1. The number of hydrogen-bond acceptors (Lipinski definition) is 5. The third-order valence-electron chi connectivity index (χ3n) is 6.40. The molecule has 2 bridgehead atoms. The minimum atomic E-state index is -1.82. The van der Waals surface area contributed by atoms with E-state index >= 15 is 0 Å². The lowest BCUT2D eigenvalue weighted by atomic mass is 9.80. The van der Waals surface area contributed by atoms with Crippen molar-refractivity contribution in [1.82, 2.24) is 4.90 Å². The highest BCUT2D eigenvalue weighted by Gasteiger charge is 2.48. The maximum atomic E-state index is 11.4. The van der Waals surface area contributed by atoms with Crippen molar-refractivity contribution in [1.29, 1.82) is 0 Å². The Morgan fingerprint density at radius 2 is 1.59 bits per heavy atom. The maximum Gasteiger partial charge on any atom is 0.414 e. The number of furan rings is 1. The first-order chi connectivity index (χ1) is 15.3. The highest BCUT2D eigenvalue weighted by molar-refractivity contribution is 9.10. The minimum Gasteiger partial charge on any atom is -0.473 e. The van der Waals surface area contributed by atoms with Crippen molar-refractivity contribution in [3.05, 3.63) is 70.4 Å². The van der Waals surface area contributed by atoms with Gasteiger partial charge in [0.05, 0.1) is 11.9 Å². The third-order valence-corrected chi connectivity index (χ3v) is 6.93. The van der Waals surface area contributed by atoms with Gasteiger partial charge in [-0.2, -0.15) is 0 Å². The molecule has 7 nitrogen and oxygen atoms in total. The van der Waals surface area contributed by atoms with Crippen molar-refractivity contribution < 1.29 is 29.3 Å². The van der Waals surface area contributed by atoms with Crippen LogP contribution >= 0.6 is 15.9 Å². The summed E-state index contributed by atoms with van der Waals surface area (Å²) in [6.07, 6.45) is 5.85. The SMILES string of the molecule is O=C(O)C(=O)O.OC1(c2ccc(Br)cc2)C[C@H]2CC[C@@H](C1)N2Cc1coc2ccccc12. The second kappa shape index (κ2) is 9.05. The minimum absolute atomic E-state index is 0.427. The summed E-state index contributed by atoms with van der Waals surface area (Å²) >= 11 is 3.49. The van der Waals surface area contributed by atoms with E-state index in [4.69, 9.17) is 24.2 Å². The van der Waals surface area contributed by atoms with Crippen LogP contribution in [-0.2, 0) is 21.7 Å². The van der Waals surface area contributed by atoms with Crippen LogP contribution in [0, 0.1) is 0 Å². The van der Waals surface area contributed by atoms with Gasteiger partial charge in [-0.3, -0.25) is 4.90 Å². The normalized spacial score (nSPS) is 24.7. The first-order valence-corrected chi connectivity index (χ1v) is 11.2. The highest BCUT2D eigenvalue weighted by Crippen LogP contribution is 2.46. The van der Waals surface area contributed by atoms with Crippen LogP contribution < -0.4 is 0 Å². The van der Waals surface area contributed by atoms with Crippen molar-refractivity contribution >= 4 is 38.8 Å². The van der Waals surface area contributed by atoms with Gasteiger partial charge in [0.2, 0.25) is 0 Å². The molecule has 2 aliphatic heterocycles. The van der Waals surface area contributed by atoms with Crippen molar-refractivity contribution in [3.63, 3.8) is 0 Å². The number of hydrogen-bond donors (Lipinski definition) is 3. The Bertz CT molecular complexity index is 1100. The van der Waals surface area contributed by atoms with Gasteiger partial charge in [0.25, 0.3) is 0 Å². The number of benzene rings is 2. The van der Waals surface area contributed by atoms with E-state index in [0.717, 1.165) is 35.0 Å². The molecule has 32 heavy (non-hydrogen) atoms. The predicted octanol–water partition coefficient (Wildman–Crippen LogP) is 4.37. The second-order valence-electron chi connectivity index (χ2n) is 8.37. The van der Waals surface area contributed by atoms with Gasteiger partial charge in [-0.05, 0) is 49.4 Å². The number of fused-ring (bicyclic) bond motifs is 3. The number of aliphatic carboxylic acids is 2. The molecule has 3 aromatic rings. The number of nitrogens with zero attached hydrogens (tertiary/aromatic N) is 1. The molecule has 2 saturated heterocycles. The molecule has 0 amide bonds. The van der Waals surface area contributed by atoms with Crippen molar-refractivity contribution in [2.75, 3.05) is 0 Å². The number of carboxylic acid groups (broad SMARTS) is 2. The Kier molecular flexibility index (Phi) is 6.37. The summed E-state index contributed by atoms with van der Waals surface area (Å²) in [6.45, 7) is 0.906. The van der Waals surface area contributed by atoms with Gasteiger partial charge in [-0.15, -0.1) is 0 Å². The topological polar surface area (TPSA) is 111 Å². The molecule has 3 heterocycles. The average Bonchev–Trinajstić information content (AvgIpc) is 3.28. The molecule has 0 spiro atoms.